The fourth-order valence-electron chi connectivity index (χ4n) is 4.66. The van der Waals surface area contributed by atoms with Gasteiger partial charge in [0.05, 0.1) is 18.3 Å². The number of nitrogens with one attached hydrogen (secondary N) is 1. The molecule has 2 aromatic rings. The molecular weight excluding hydrogens is 372 g/mol. The molecule has 0 bridgehead atoms. The topological polar surface area (TPSA) is 33.7 Å². The van der Waals surface area contributed by atoms with E-state index in [0.717, 1.165) is 46.2 Å². The van der Waals surface area contributed by atoms with E-state index in [1.807, 2.05) is 37.3 Å². The summed E-state index contributed by atoms with van der Waals surface area (Å²) in [6, 6.07) is 14.4. The van der Waals surface area contributed by atoms with Crippen LogP contribution in [0.25, 0.3) is 5.70 Å². The van der Waals surface area contributed by atoms with Crippen molar-refractivity contribution in [1.82, 2.24) is 10.4 Å². The molecule has 0 radical (unpaired) electrons. The van der Waals surface area contributed by atoms with Crippen LogP contribution in [0.5, 0.6) is 11.5 Å². The molecule has 1 fully saturated rings. The van der Waals surface area contributed by atoms with Crippen LogP contribution in [0.15, 0.2) is 48.5 Å². The second-order valence-electron chi connectivity index (χ2n) is 7.76. The minimum atomic E-state index is -0.298. The Kier molecular flexibility index (Phi) is 4.48. The minimum Gasteiger partial charge on any atom is -0.494 e. The Morgan fingerprint density at radius 3 is 2.68 bits per heavy atom. The highest BCUT2D eigenvalue weighted by Gasteiger charge is 2.50. The van der Waals surface area contributed by atoms with E-state index in [9.17, 15) is 0 Å². The first-order chi connectivity index (χ1) is 13.7. The molecule has 28 heavy (non-hydrogen) atoms. The average Bonchev–Trinajstić information content (AvgIpc) is 3.17. The molecular formula is C23H25ClN2O2. The second-order valence-corrected chi connectivity index (χ2v) is 8.19. The Morgan fingerprint density at radius 2 is 1.93 bits per heavy atom. The maximum Gasteiger partial charge on any atom is 0.180 e. The molecule has 3 aliphatic rings. The first kappa shape index (κ1) is 17.9. The average molecular weight is 397 g/mol. The maximum atomic E-state index is 6.62. The monoisotopic (exact) mass is 396 g/mol. The molecule has 1 N–H and O–H groups in total. The highest BCUT2D eigenvalue weighted by Crippen LogP contribution is 2.50. The van der Waals surface area contributed by atoms with E-state index >= 15 is 0 Å². The minimum absolute atomic E-state index is 0.113. The molecule has 1 unspecified atom stereocenters. The zero-order chi connectivity index (χ0) is 19.1. The van der Waals surface area contributed by atoms with Crippen LogP contribution in [-0.2, 0) is 0 Å². The molecule has 1 atom stereocenters. The number of ether oxygens (including phenoxy) is 2. The van der Waals surface area contributed by atoms with Gasteiger partial charge in [0, 0.05) is 23.4 Å². The van der Waals surface area contributed by atoms with Gasteiger partial charge in [0.2, 0.25) is 0 Å². The van der Waals surface area contributed by atoms with Crippen molar-refractivity contribution in [3.05, 3.63) is 64.7 Å². The zero-order valence-corrected chi connectivity index (χ0v) is 16.8. The van der Waals surface area contributed by atoms with Gasteiger partial charge in [-0.1, -0.05) is 18.0 Å². The number of hydrogen-bond acceptors (Lipinski definition) is 4. The number of benzene rings is 2. The summed E-state index contributed by atoms with van der Waals surface area (Å²) in [7, 11) is 0. The van der Waals surface area contributed by atoms with E-state index in [-0.39, 0.29) is 11.8 Å². The zero-order valence-electron chi connectivity index (χ0n) is 16.1. The summed E-state index contributed by atoms with van der Waals surface area (Å²) in [5.41, 5.74) is 6.74. The highest BCUT2D eigenvalue weighted by atomic mass is 35.5. The van der Waals surface area contributed by atoms with Crippen molar-refractivity contribution in [2.24, 2.45) is 0 Å². The second kappa shape index (κ2) is 7.02. The summed E-state index contributed by atoms with van der Waals surface area (Å²) in [6.45, 7) is 2.67. The molecule has 1 aliphatic carbocycles. The van der Waals surface area contributed by atoms with Crippen molar-refractivity contribution >= 4 is 17.3 Å². The number of rotatable bonds is 3. The van der Waals surface area contributed by atoms with E-state index in [1.54, 1.807) is 0 Å². The first-order valence-corrected chi connectivity index (χ1v) is 10.6. The van der Waals surface area contributed by atoms with Crippen LogP contribution >= 0.6 is 11.6 Å². The normalized spacial score (nSPS) is 22.6. The Hall–Kier alpha value is -2.17. The van der Waals surface area contributed by atoms with E-state index in [1.165, 1.54) is 19.3 Å². The SMILES string of the molecule is CCOc1ccc(C2=CC3c4cc(Cl)ccc4OC4(CCCCC4)N3N2)cc1. The lowest BCUT2D eigenvalue weighted by Gasteiger charge is -2.50. The Labute approximate surface area is 171 Å². The number of halogens is 1. The molecule has 1 saturated carbocycles. The highest BCUT2D eigenvalue weighted by molar-refractivity contribution is 6.30. The number of nitrogens with zero attached hydrogens (tertiary/aromatic N) is 1. The molecule has 2 aromatic carbocycles. The van der Waals surface area contributed by atoms with Crippen LogP contribution in [0, 0.1) is 0 Å². The maximum absolute atomic E-state index is 6.62. The number of hydrogen-bond donors (Lipinski definition) is 1. The predicted octanol–water partition coefficient (Wildman–Crippen LogP) is 5.69. The van der Waals surface area contributed by atoms with Crippen molar-refractivity contribution in [1.29, 1.82) is 0 Å². The molecule has 0 saturated heterocycles. The molecule has 0 aromatic heterocycles. The molecule has 5 rings (SSSR count). The lowest BCUT2D eigenvalue weighted by molar-refractivity contribution is -0.150. The van der Waals surface area contributed by atoms with Crippen LogP contribution in [0.4, 0.5) is 0 Å². The van der Waals surface area contributed by atoms with Crippen molar-refractivity contribution in [3.8, 4) is 11.5 Å². The lowest BCUT2D eigenvalue weighted by atomic mass is 9.87. The molecule has 0 amide bonds. The van der Waals surface area contributed by atoms with E-state index in [4.69, 9.17) is 21.1 Å². The smallest absolute Gasteiger partial charge is 0.180 e. The van der Waals surface area contributed by atoms with Crippen molar-refractivity contribution in [2.75, 3.05) is 6.61 Å². The molecule has 4 nitrogen and oxygen atoms in total. The van der Waals surface area contributed by atoms with Crippen LogP contribution in [-0.4, -0.2) is 17.3 Å². The van der Waals surface area contributed by atoms with E-state index < -0.39 is 0 Å². The largest absolute Gasteiger partial charge is 0.494 e. The summed E-state index contributed by atoms with van der Waals surface area (Å²) < 4.78 is 12.2. The van der Waals surface area contributed by atoms with Gasteiger partial charge in [-0.05, 0) is 73.9 Å². The quantitative estimate of drug-likeness (QED) is 0.722. The Bertz CT molecular complexity index is 903. The number of hydrazine groups is 1. The summed E-state index contributed by atoms with van der Waals surface area (Å²) >= 11 is 6.32. The third-order valence-electron chi connectivity index (χ3n) is 5.98. The van der Waals surface area contributed by atoms with Gasteiger partial charge < -0.3 is 14.9 Å². The van der Waals surface area contributed by atoms with Gasteiger partial charge in [-0.25, -0.2) is 0 Å². The summed E-state index contributed by atoms with van der Waals surface area (Å²) in [6.07, 6.45) is 8.00. The van der Waals surface area contributed by atoms with Crippen LogP contribution in [0.2, 0.25) is 5.02 Å². The lowest BCUT2D eigenvalue weighted by Crippen LogP contribution is -2.60. The Balaban J connectivity index is 1.53. The Morgan fingerprint density at radius 1 is 1.14 bits per heavy atom. The predicted molar refractivity (Wildman–Crippen MR) is 111 cm³/mol. The summed E-state index contributed by atoms with van der Waals surface area (Å²) in [4.78, 5) is 0. The van der Waals surface area contributed by atoms with Crippen molar-refractivity contribution in [2.45, 2.75) is 50.8 Å². The van der Waals surface area contributed by atoms with Crippen LogP contribution < -0.4 is 14.9 Å². The standard InChI is InChI=1S/C23H25ClN2O2/c1-2-27-18-9-6-16(7-10-18)20-15-21-19-14-17(24)8-11-22(19)28-23(26(21)25-20)12-4-3-5-13-23/h6-11,14-15,21,25H,2-5,12-13H2,1H3. The van der Waals surface area contributed by atoms with Gasteiger partial charge in [0.1, 0.15) is 11.5 Å². The van der Waals surface area contributed by atoms with Crippen LogP contribution in [0.1, 0.15) is 56.2 Å². The molecule has 2 heterocycles. The van der Waals surface area contributed by atoms with Gasteiger partial charge in [0.15, 0.2) is 5.72 Å². The van der Waals surface area contributed by atoms with Crippen molar-refractivity contribution < 1.29 is 9.47 Å². The summed E-state index contributed by atoms with van der Waals surface area (Å²) in [5, 5.41) is 3.06. The third kappa shape index (κ3) is 2.96. The molecule has 5 heteroatoms. The van der Waals surface area contributed by atoms with E-state index in [2.05, 4.69) is 28.6 Å². The molecule has 146 valence electrons. The van der Waals surface area contributed by atoms with Gasteiger partial charge in [-0.15, -0.1) is 0 Å². The number of fused-ring (bicyclic) bond motifs is 4. The van der Waals surface area contributed by atoms with Gasteiger partial charge in [0.25, 0.3) is 0 Å². The fraction of sp³-hybridized carbons (Fsp3) is 0.391. The van der Waals surface area contributed by atoms with Gasteiger partial charge >= 0.3 is 0 Å². The van der Waals surface area contributed by atoms with Gasteiger partial charge in [-0.2, -0.15) is 5.01 Å². The third-order valence-corrected chi connectivity index (χ3v) is 6.22. The first-order valence-electron chi connectivity index (χ1n) is 10.2. The molecule has 2 aliphatic heterocycles. The van der Waals surface area contributed by atoms with E-state index in [0.29, 0.717) is 6.61 Å². The summed E-state index contributed by atoms with van der Waals surface area (Å²) in [5.74, 6) is 1.85. The van der Waals surface area contributed by atoms with Crippen LogP contribution in [0.3, 0.4) is 0 Å². The fourth-order valence-corrected chi connectivity index (χ4v) is 4.84. The molecule has 1 spiro atoms. The van der Waals surface area contributed by atoms with Gasteiger partial charge in [-0.3, -0.25) is 0 Å². The van der Waals surface area contributed by atoms with Crippen molar-refractivity contribution in [3.63, 3.8) is 0 Å².